The van der Waals surface area contributed by atoms with Crippen LogP contribution in [0.3, 0.4) is 0 Å². The quantitative estimate of drug-likeness (QED) is 0.548. The summed E-state index contributed by atoms with van der Waals surface area (Å²) in [6.45, 7) is 4.60. The molecule has 6 nitrogen and oxygen atoms in total. The van der Waals surface area contributed by atoms with Crippen molar-refractivity contribution >= 4 is 5.78 Å². The topological polar surface area (TPSA) is 87.7 Å². The third-order valence-corrected chi connectivity index (χ3v) is 2.97. The lowest BCUT2D eigenvalue weighted by molar-refractivity contribution is -0.325. The Morgan fingerprint density at radius 3 is 2.76 bits per heavy atom. The summed E-state index contributed by atoms with van der Waals surface area (Å²) in [6.07, 6.45) is 0.288. The molecule has 0 heterocycles. The number of carbonyl (C=O) groups is 1. The van der Waals surface area contributed by atoms with E-state index in [0.717, 1.165) is 0 Å². The van der Waals surface area contributed by atoms with Gasteiger partial charge in [-0.2, -0.15) is 5.17 Å². The highest BCUT2D eigenvalue weighted by Gasteiger charge is 2.31. The van der Waals surface area contributed by atoms with Gasteiger partial charge in [-0.25, -0.2) is 5.43 Å². The van der Waals surface area contributed by atoms with E-state index in [-0.39, 0.29) is 35.5 Å². The van der Waals surface area contributed by atoms with E-state index < -0.39 is 0 Å². The molecular formula is C11H20N3O3-. The number of rotatable bonds is 5. The number of hydrogen-bond acceptors (Lipinski definition) is 6. The first kappa shape index (κ1) is 14.0. The summed E-state index contributed by atoms with van der Waals surface area (Å²) in [5.74, 6) is -0.868. The van der Waals surface area contributed by atoms with E-state index in [4.69, 9.17) is 0 Å². The Balaban J connectivity index is 2.99. The highest BCUT2D eigenvalue weighted by atomic mass is 16.5. The molecule has 0 aliphatic heterocycles. The Kier molecular flexibility index (Phi) is 4.92. The van der Waals surface area contributed by atoms with Gasteiger partial charge in [0.25, 0.3) is 0 Å². The maximum absolute atomic E-state index is 12.1. The molecule has 1 aliphatic rings. The van der Waals surface area contributed by atoms with Crippen LogP contribution in [-0.2, 0) is 4.79 Å². The van der Waals surface area contributed by atoms with Crippen LogP contribution in [0.4, 0.5) is 0 Å². The fraction of sp³-hybridized carbons (Fsp3) is 0.727. The average molecular weight is 242 g/mol. The second-order valence-corrected chi connectivity index (χ2v) is 4.31. The molecule has 0 amide bonds. The molecule has 1 rings (SSSR count). The third kappa shape index (κ3) is 2.96. The van der Waals surface area contributed by atoms with Gasteiger partial charge in [0.1, 0.15) is 5.70 Å². The van der Waals surface area contributed by atoms with Gasteiger partial charge in [0.2, 0.25) is 0 Å². The van der Waals surface area contributed by atoms with E-state index in [1.807, 2.05) is 6.92 Å². The maximum Gasteiger partial charge on any atom is 0.182 e. The molecule has 3 N–H and O–H groups in total. The van der Waals surface area contributed by atoms with E-state index in [0.29, 0.717) is 18.3 Å². The van der Waals surface area contributed by atoms with Crippen LogP contribution in [0.25, 0.3) is 0 Å². The number of nitrogens with zero attached hydrogens (tertiary/aromatic N) is 1. The van der Waals surface area contributed by atoms with E-state index in [2.05, 4.69) is 10.7 Å². The summed E-state index contributed by atoms with van der Waals surface area (Å²) in [5, 5.41) is 25.2. The zero-order valence-electron chi connectivity index (χ0n) is 10.5. The molecule has 0 saturated carbocycles. The Labute approximate surface area is 101 Å². The lowest BCUT2D eigenvalue weighted by Crippen LogP contribution is -2.45. The zero-order chi connectivity index (χ0) is 13.0. The molecule has 0 spiro atoms. The van der Waals surface area contributed by atoms with Crippen molar-refractivity contribution in [3.05, 3.63) is 11.5 Å². The molecule has 0 aromatic heterocycles. The van der Waals surface area contributed by atoms with E-state index >= 15 is 0 Å². The minimum atomic E-state index is -0.307. The highest BCUT2D eigenvalue weighted by molar-refractivity contribution is 5.96. The number of hydrogen-bond donors (Lipinski definition) is 3. The van der Waals surface area contributed by atoms with Crippen LogP contribution in [0, 0.1) is 11.8 Å². The molecule has 2 unspecified atom stereocenters. The first-order chi connectivity index (χ1) is 8.02. The molecular weight excluding hydrogens is 222 g/mol. The van der Waals surface area contributed by atoms with Crippen LogP contribution < -0.4 is 15.8 Å². The molecule has 98 valence electrons. The summed E-state index contributed by atoms with van der Waals surface area (Å²) >= 11 is 0. The van der Waals surface area contributed by atoms with Gasteiger partial charge >= 0.3 is 0 Å². The van der Waals surface area contributed by atoms with Crippen LogP contribution in [-0.4, -0.2) is 36.3 Å². The predicted octanol–water partition coefficient (Wildman–Crippen LogP) is -0.781. The van der Waals surface area contributed by atoms with Crippen molar-refractivity contribution in [2.75, 3.05) is 20.1 Å². The van der Waals surface area contributed by atoms with Crippen LogP contribution in [0.2, 0.25) is 0 Å². The highest BCUT2D eigenvalue weighted by Crippen LogP contribution is 2.29. The van der Waals surface area contributed by atoms with E-state index in [1.165, 1.54) is 0 Å². The predicted molar refractivity (Wildman–Crippen MR) is 60.5 cm³/mol. The van der Waals surface area contributed by atoms with Gasteiger partial charge < -0.3 is 10.4 Å². The second-order valence-electron chi connectivity index (χ2n) is 4.31. The first-order valence-electron chi connectivity index (χ1n) is 5.84. The Bertz CT molecular complexity index is 317. The fourth-order valence-electron chi connectivity index (χ4n) is 2.07. The number of nitrogens with one attached hydrogen (secondary N) is 2. The number of hydroxylamine groups is 1. The standard InChI is InChI=1S/C11H21N3O3/c1-4-13-14(17)10-9(15)5-7(2)8(6-12-3)11(10)16/h7-8,12-13,16-17H,4-6H2,1-3H3/p-1. The first-order valence-corrected chi connectivity index (χ1v) is 5.84. The lowest BCUT2D eigenvalue weighted by Gasteiger charge is -2.38. The molecule has 0 aromatic rings. The van der Waals surface area contributed by atoms with Crippen molar-refractivity contribution in [3.8, 4) is 0 Å². The second kappa shape index (κ2) is 6.00. The number of carbonyl (C=O) groups excluding carboxylic acids is 1. The number of hydrazine groups is 1. The lowest BCUT2D eigenvalue weighted by atomic mass is 9.81. The summed E-state index contributed by atoms with van der Waals surface area (Å²) in [5.41, 5.74) is 2.40. The summed E-state index contributed by atoms with van der Waals surface area (Å²) in [7, 11) is 1.76. The van der Waals surface area contributed by atoms with Crippen molar-refractivity contribution in [3.63, 3.8) is 0 Å². The zero-order valence-corrected chi connectivity index (χ0v) is 10.5. The van der Waals surface area contributed by atoms with Crippen molar-refractivity contribution in [1.29, 1.82) is 0 Å². The number of allylic oxidation sites excluding steroid dienone is 1. The van der Waals surface area contributed by atoms with Gasteiger partial charge in [0.15, 0.2) is 5.78 Å². The summed E-state index contributed by atoms with van der Waals surface area (Å²) < 4.78 is 0. The number of ketones is 1. The molecule has 6 heteroatoms. The SMILES string of the molecule is CCNN(O)C1=C([O-])C(CNC)C(C)CC1=O. The molecule has 0 saturated heterocycles. The van der Waals surface area contributed by atoms with E-state index in [9.17, 15) is 15.1 Å². The Morgan fingerprint density at radius 2 is 2.24 bits per heavy atom. The number of Topliss-reactive ketones (excluding diaryl/α,β-unsaturated/α-hetero) is 1. The van der Waals surface area contributed by atoms with Crippen LogP contribution in [0.1, 0.15) is 20.3 Å². The fourth-order valence-corrected chi connectivity index (χ4v) is 2.07. The van der Waals surface area contributed by atoms with Crippen LogP contribution in [0.5, 0.6) is 0 Å². The minimum Gasteiger partial charge on any atom is -0.874 e. The Hall–Kier alpha value is -1.11. The average Bonchev–Trinajstić information content (AvgIpc) is 2.24. The minimum absolute atomic E-state index is 0.00114. The molecule has 17 heavy (non-hydrogen) atoms. The summed E-state index contributed by atoms with van der Waals surface area (Å²) in [6, 6.07) is 0. The molecule has 2 atom stereocenters. The van der Waals surface area contributed by atoms with Gasteiger partial charge in [0, 0.05) is 19.5 Å². The smallest absolute Gasteiger partial charge is 0.182 e. The largest absolute Gasteiger partial charge is 0.874 e. The van der Waals surface area contributed by atoms with Crippen molar-refractivity contribution in [2.45, 2.75) is 20.3 Å². The Morgan fingerprint density at radius 1 is 1.59 bits per heavy atom. The normalized spacial score (nSPS) is 25.3. The van der Waals surface area contributed by atoms with Crippen molar-refractivity contribution < 1.29 is 15.1 Å². The molecule has 0 aromatic carbocycles. The van der Waals surface area contributed by atoms with Gasteiger partial charge in [0.05, 0.1) is 0 Å². The van der Waals surface area contributed by atoms with Gasteiger partial charge in [-0.05, 0) is 18.9 Å². The van der Waals surface area contributed by atoms with Crippen LogP contribution in [0.15, 0.2) is 11.5 Å². The van der Waals surface area contributed by atoms with Crippen molar-refractivity contribution in [2.24, 2.45) is 11.8 Å². The van der Waals surface area contributed by atoms with E-state index in [1.54, 1.807) is 14.0 Å². The molecule has 0 bridgehead atoms. The third-order valence-electron chi connectivity index (χ3n) is 2.97. The molecule has 0 radical (unpaired) electrons. The molecule has 0 fully saturated rings. The summed E-state index contributed by atoms with van der Waals surface area (Å²) in [4.78, 5) is 11.8. The van der Waals surface area contributed by atoms with Crippen molar-refractivity contribution in [1.82, 2.24) is 15.9 Å². The maximum atomic E-state index is 12.1. The molecule has 1 aliphatic carbocycles. The van der Waals surface area contributed by atoms with Crippen LogP contribution >= 0.6 is 0 Å². The van der Waals surface area contributed by atoms with Gasteiger partial charge in [-0.1, -0.05) is 19.6 Å². The van der Waals surface area contributed by atoms with Gasteiger partial charge in [-0.3, -0.25) is 10.0 Å². The van der Waals surface area contributed by atoms with Gasteiger partial charge in [-0.15, -0.1) is 0 Å². The monoisotopic (exact) mass is 242 g/mol.